The van der Waals surface area contributed by atoms with E-state index < -0.39 is 0 Å². The van der Waals surface area contributed by atoms with Gasteiger partial charge in [0.25, 0.3) is 0 Å². The number of anilines is 1. The number of hydrogen-bond donors (Lipinski definition) is 0. The predicted molar refractivity (Wildman–Crippen MR) is 73.1 cm³/mol. The van der Waals surface area contributed by atoms with Gasteiger partial charge in [-0.15, -0.1) is 11.8 Å². The molecule has 0 spiro atoms. The summed E-state index contributed by atoms with van der Waals surface area (Å²) >= 11 is 3.67. The van der Waals surface area contributed by atoms with E-state index in [1.807, 2.05) is 11.8 Å². The van der Waals surface area contributed by atoms with Crippen molar-refractivity contribution in [2.24, 2.45) is 0 Å². The first-order chi connectivity index (χ1) is 7.71. The van der Waals surface area contributed by atoms with Crippen molar-refractivity contribution in [2.75, 3.05) is 24.8 Å². The van der Waals surface area contributed by atoms with Crippen LogP contribution in [-0.4, -0.2) is 25.3 Å². The van der Waals surface area contributed by atoms with Gasteiger partial charge in [0.15, 0.2) is 0 Å². The topological polar surface area (TPSA) is 12.5 Å². The SMILES string of the molecule is CCN1c2cc(OC)c(SC)cc2SC1C. The molecule has 1 atom stereocenters. The summed E-state index contributed by atoms with van der Waals surface area (Å²) in [6, 6.07) is 4.41. The lowest BCUT2D eigenvalue weighted by Crippen LogP contribution is -2.26. The van der Waals surface area contributed by atoms with Gasteiger partial charge in [0.05, 0.1) is 23.1 Å². The monoisotopic (exact) mass is 255 g/mol. The molecule has 0 saturated carbocycles. The number of fused-ring (bicyclic) bond motifs is 1. The first-order valence-corrected chi connectivity index (χ1v) is 7.51. The van der Waals surface area contributed by atoms with Crippen molar-refractivity contribution in [1.29, 1.82) is 0 Å². The largest absolute Gasteiger partial charge is 0.496 e. The molecule has 1 aromatic carbocycles. The van der Waals surface area contributed by atoms with Crippen LogP contribution in [-0.2, 0) is 0 Å². The molecule has 1 unspecified atom stereocenters. The third-order valence-electron chi connectivity index (χ3n) is 2.85. The van der Waals surface area contributed by atoms with Crippen LogP contribution in [0, 0.1) is 0 Å². The first kappa shape index (κ1) is 12.0. The van der Waals surface area contributed by atoms with Gasteiger partial charge in [-0.2, -0.15) is 0 Å². The summed E-state index contributed by atoms with van der Waals surface area (Å²) < 4.78 is 5.43. The summed E-state index contributed by atoms with van der Waals surface area (Å²) in [7, 11) is 1.74. The summed E-state index contributed by atoms with van der Waals surface area (Å²) in [5.74, 6) is 0.986. The molecule has 0 saturated heterocycles. The van der Waals surface area contributed by atoms with E-state index in [0.29, 0.717) is 5.37 Å². The molecule has 0 aliphatic carbocycles. The number of benzene rings is 1. The number of methoxy groups -OCH3 is 1. The Morgan fingerprint density at radius 3 is 2.81 bits per heavy atom. The highest BCUT2D eigenvalue weighted by Gasteiger charge is 2.27. The quantitative estimate of drug-likeness (QED) is 0.763. The molecule has 2 rings (SSSR count). The second-order valence-electron chi connectivity index (χ2n) is 3.68. The zero-order valence-electron chi connectivity index (χ0n) is 10.1. The maximum atomic E-state index is 5.43. The molecule has 0 bridgehead atoms. The molecular weight excluding hydrogens is 238 g/mol. The smallest absolute Gasteiger partial charge is 0.134 e. The maximum absolute atomic E-state index is 5.43. The van der Waals surface area contributed by atoms with Crippen molar-refractivity contribution < 1.29 is 4.74 Å². The van der Waals surface area contributed by atoms with Crippen LogP contribution >= 0.6 is 23.5 Å². The minimum atomic E-state index is 0.529. The van der Waals surface area contributed by atoms with Crippen molar-refractivity contribution in [3.8, 4) is 5.75 Å². The lowest BCUT2D eigenvalue weighted by atomic mass is 10.2. The summed E-state index contributed by atoms with van der Waals surface area (Å²) in [6.07, 6.45) is 2.09. The molecule has 1 aliphatic rings. The number of ether oxygens (including phenoxy) is 1. The normalized spacial score (nSPS) is 18.8. The fraction of sp³-hybridized carbons (Fsp3) is 0.500. The van der Waals surface area contributed by atoms with Crippen LogP contribution in [0.15, 0.2) is 21.9 Å². The average Bonchev–Trinajstić information content (AvgIpc) is 2.61. The fourth-order valence-corrected chi connectivity index (χ4v) is 3.93. The number of hydrogen-bond acceptors (Lipinski definition) is 4. The second-order valence-corrected chi connectivity index (χ2v) is 5.88. The Balaban J connectivity index is 2.47. The lowest BCUT2D eigenvalue weighted by molar-refractivity contribution is 0.404. The molecule has 0 amide bonds. The molecule has 88 valence electrons. The zero-order chi connectivity index (χ0) is 11.7. The fourth-order valence-electron chi connectivity index (χ4n) is 2.04. The van der Waals surface area contributed by atoms with E-state index >= 15 is 0 Å². The highest BCUT2D eigenvalue weighted by molar-refractivity contribution is 8.00. The Morgan fingerprint density at radius 2 is 2.25 bits per heavy atom. The van der Waals surface area contributed by atoms with Crippen molar-refractivity contribution in [3.63, 3.8) is 0 Å². The molecule has 0 N–H and O–H groups in total. The minimum Gasteiger partial charge on any atom is -0.496 e. The van der Waals surface area contributed by atoms with E-state index in [4.69, 9.17) is 4.74 Å². The standard InChI is InChI=1S/C12H17NOS2/c1-5-13-8(2)16-11-7-12(15-4)10(14-3)6-9(11)13/h6-8H,5H2,1-4H3. The zero-order valence-corrected chi connectivity index (χ0v) is 11.7. The van der Waals surface area contributed by atoms with E-state index in [1.54, 1.807) is 18.9 Å². The Kier molecular flexibility index (Phi) is 3.60. The third-order valence-corrected chi connectivity index (χ3v) is 4.79. The van der Waals surface area contributed by atoms with Gasteiger partial charge < -0.3 is 9.64 Å². The highest BCUT2D eigenvalue weighted by Crippen LogP contribution is 2.47. The Labute approximate surface area is 106 Å². The van der Waals surface area contributed by atoms with Crippen LogP contribution in [0.25, 0.3) is 0 Å². The van der Waals surface area contributed by atoms with E-state index in [-0.39, 0.29) is 0 Å². The van der Waals surface area contributed by atoms with Gasteiger partial charge in [-0.1, -0.05) is 11.8 Å². The Morgan fingerprint density at radius 1 is 1.50 bits per heavy atom. The Hall–Kier alpha value is -0.480. The summed E-state index contributed by atoms with van der Waals surface area (Å²) in [5.41, 5.74) is 1.31. The van der Waals surface area contributed by atoms with Crippen molar-refractivity contribution in [1.82, 2.24) is 0 Å². The van der Waals surface area contributed by atoms with Gasteiger partial charge in [-0.25, -0.2) is 0 Å². The van der Waals surface area contributed by atoms with Gasteiger partial charge in [0, 0.05) is 17.5 Å². The summed E-state index contributed by atoms with van der Waals surface area (Å²) in [4.78, 5) is 5.01. The molecule has 1 aliphatic heterocycles. The van der Waals surface area contributed by atoms with E-state index in [2.05, 4.69) is 37.1 Å². The minimum absolute atomic E-state index is 0.529. The van der Waals surface area contributed by atoms with Crippen LogP contribution in [0.3, 0.4) is 0 Å². The van der Waals surface area contributed by atoms with Crippen molar-refractivity contribution in [3.05, 3.63) is 12.1 Å². The predicted octanol–water partition coefficient (Wildman–Crippen LogP) is 3.70. The van der Waals surface area contributed by atoms with Crippen LogP contribution in [0.5, 0.6) is 5.75 Å². The summed E-state index contributed by atoms with van der Waals surface area (Å²) in [6.45, 7) is 5.49. The lowest BCUT2D eigenvalue weighted by Gasteiger charge is -2.22. The molecule has 1 aromatic rings. The van der Waals surface area contributed by atoms with Gasteiger partial charge in [-0.05, 0) is 26.2 Å². The number of thioether (sulfide) groups is 2. The second kappa shape index (κ2) is 4.80. The molecule has 2 nitrogen and oxygen atoms in total. The van der Waals surface area contributed by atoms with Crippen LogP contribution in [0.4, 0.5) is 5.69 Å². The van der Waals surface area contributed by atoms with E-state index in [0.717, 1.165) is 12.3 Å². The third kappa shape index (κ3) is 1.89. The molecule has 0 fully saturated rings. The number of nitrogens with zero attached hydrogens (tertiary/aromatic N) is 1. The van der Waals surface area contributed by atoms with E-state index in [9.17, 15) is 0 Å². The van der Waals surface area contributed by atoms with Crippen LogP contribution in [0.2, 0.25) is 0 Å². The van der Waals surface area contributed by atoms with Crippen LogP contribution in [0.1, 0.15) is 13.8 Å². The van der Waals surface area contributed by atoms with Crippen molar-refractivity contribution in [2.45, 2.75) is 29.0 Å². The molecule has 16 heavy (non-hydrogen) atoms. The summed E-state index contributed by atoms with van der Waals surface area (Å²) in [5, 5.41) is 0.529. The first-order valence-electron chi connectivity index (χ1n) is 5.40. The highest BCUT2D eigenvalue weighted by atomic mass is 32.2. The number of rotatable bonds is 3. The van der Waals surface area contributed by atoms with Gasteiger partial charge in [-0.3, -0.25) is 0 Å². The average molecular weight is 255 g/mol. The molecule has 1 heterocycles. The molecule has 0 radical (unpaired) electrons. The Bertz CT molecular complexity index is 395. The molecule has 4 heteroatoms. The maximum Gasteiger partial charge on any atom is 0.134 e. The van der Waals surface area contributed by atoms with Gasteiger partial charge in [0.1, 0.15) is 5.75 Å². The molecular formula is C12H17NOS2. The van der Waals surface area contributed by atoms with Crippen molar-refractivity contribution >= 4 is 29.2 Å². The van der Waals surface area contributed by atoms with Gasteiger partial charge >= 0.3 is 0 Å². The van der Waals surface area contributed by atoms with Gasteiger partial charge in [0.2, 0.25) is 0 Å². The van der Waals surface area contributed by atoms with E-state index in [1.165, 1.54) is 15.5 Å². The van der Waals surface area contributed by atoms with Crippen LogP contribution < -0.4 is 9.64 Å². The molecule has 0 aromatic heterocycles.